The van der Waals surface area contributed by atoms with Crippen molar-refractivity contribution in [1.29, 1.82) is 0 Å². The van der Waals surface area contributed by atoms with Crippen molar-refractivity contribution in [2.45, 2.75) is 6.92 Å². The summed E-state index contributed by atoms with van der Waals surface area (Å²) in [6, 6.07) is 22.3. The van der Waals surface area contributed by atoms with E-state index in [0.29, 0.717) is 35.1 Å². The number of anilines is 1. The summed E-state index contributed by atoms with van der Waals surface area (Å²) < 4.78 is 12.3. The van der Waals surface area contributed by atoms with Gasteiger partial charge in [-0.3, -0.25) is 4.79 Å². The minimum absolute atomic E-state index is 0.232. The van der Waals surface area contributed by atoms with Crippen LogP contribution in [-0.2, 0) is 0 Å². The molecule has 1 amide bonds. The van der Waals surface area contributed by atoms with E-state index in [0.717, 1.165) is 15.8 Å². The highest BCUT2D eigenvalue weighted by Crippen LogP contribution is 2.29. The van der Waals surface area contributed by atoms with Crippen molar-refractivity contribution in [2.75, 3.05) is 11.9 Å². The average molecular weight is 463 g/mol. The first kappa shape index (κ1) is 19.9. The molecule has 0 fully saturated rings. The van der Waals surface area contributed by atoms with Gasteiger partial charge in [0.25, 0.3) is 5.91 Å². The zero-order chi connectivity index (χ0) is 20.9. The molecule has 0 atom stereocenters. The smallest absolute Gasteiger partial charge is 0.256 e. The molecule has 4 rings (SSSR count). The molecule has 6 heteroatoms. The second kappa shape index (κ2) is 8.97. The third kappa shape index (κ3) is 4.44. The highest BCUT2D eigenvalue weighted by molar-refractivity contribution is 9.10. The number of ether oxygens (including phenoxy) is 1. The highest BCUT2D eigenvalue weighted by atomic mass is 79.9. The number of oxazole rings is 1. The molecule has 0 unspecified atom stereocenters. The van der Waals surface area contributed by atoms with Crippen molar-refractivity contribution in [3.05, 3.63) is 89.0 Å². The van der Waals surface area contributed by atoms with E-state index in [1.165, 1.54) is 0 Å². The van der Waals surface area contributed by atoms with Crippen LogP contribution >= 0.6 is 15.9 Å². The Morgan fingerprint density at radius 1 is 1.07 bits per heavy atom. The number of amides is 1. The van der Waals surface area contributed by atoms with E-state index >= 15 is 0 Å². The summed E-state index contributed by atoms with van der Waals surface area (Å²) in [5, 5.41) is 2.91. The number of halogens is 1. The predicted octanol–water partition coefficient (Wildman–Crippen LogP) is 6.42. The molecule has 0 aliphatic rings. The number of nitrogens with one attached hydrogen (secondary N) is 1. The van der Waals surface area contributed by atoms with E-state index in [1.54, 1.807) is 12.3 Å². The third-order valence-electron chi connectivity index (χ3n) is 4.44. The van der Waals surface area contributed by atoms with Crippen molar-refractivity contribution < 1.29 is 13.9 Å². The Bertz CT molecular complexity index is 1170. The van der Waals surface area contributed by atoms with Crippen molar-refractivity contribution in [2.24, 2.45) is 0 Å². The quantitative estimate of drug-likeness (QED) is 0.358. The van der Waals surface area contributed by atoms with Gasteiger partial charge in [-0.25, -0.2) is 4.98 Å². The van der Waals surface area contributed by atoms with Crippen LogP contribution in [0.15, 0.2) is 87.9 Å². The lowest BCUT2D eigenvalue weighted by Gasteiger charge is -2.08. The van der Waals surface area contributed by atoms with Crippen molar-refractivity contribution in [3.8, 4) is 28.5 Å². The predicted molar refractivity (Wildman–Crippen MR) is 121 cm³/mol. The lowest BCUT2D eigenvalue weighted by atomic mass is 10.1. The molecule has 0 aliphatic heterocycles. The molecule has 0 saturated carbocycles. The minimum atomic E-state index is -0.232. The van der Waals surface area contributed by atoms with E-state index in [-0.39, 0.29) is 5.91 Å². The number of hydrogen-bond donors (Lipinski definition) is 1. The molecule has 0 spiro atoms. The number of carbonyl (C=O) groups excluding carboxylic acids is 1. The minimum Gasteiger partial charge on any atom is -0.494 e. The molecule has 0 aliphatic carbocycles. The summed E-state index contributed by atoms with van der Waals surface area (Å²) in [5.41, 5.74) is 2.69. The van der Waals surface area contributed by atoms with Gasteiger partial charge >= 0.3 is 0 Å². The normalized spacial score (nSPS) is 10.6. The van der Waals surface area contributed by atoms with Crippen LogP contribution in [0.2, 0.25) is 0 Å². The monoisotopic (exact) mass is 462 g/mol. The molecule has 1 N–H and O–H groups in total. The topological polar surface area (TPSA) is 64.4 Å². The maximum Gasteiger partial charge on any atom is 0.256 e. The Morgan fingerprint density at radius 3 is 2.63 bits per heavy atom. The molecule has 1 aromatic heterocycles. The summed E-state index contributed by atoms with van der Waals surface area (Å²) in [6.45, 7) is 2.56. The van der Waals surface area contributed by atoms with Crippen LogP contribution in [0.3, 0.4) is 0 Å². The lowest BCUT2D eigenvalue weighted by Crippen LogP contribution is -2.13. The number of benzene rings is 3. The second-order valence-electron chi connectivity index (χ2n) is 6.50. The van der Waals surface area contributed by atoms with E-state index in [2.05, 4.69) is 26.2 Å². The van der Waals surface area contributed by atoms with Gasteiger partial charge in [-0.1, -0.05) is 34.1 Å². The zero-order valence-corrected chi connectivity index (χ0v) is 17.8. The molecule has 0 bridgehead atoms. The molecular weight excluding hydrogens is 444 g/mol. The highest BCUT2D eigenvalue weighted by Gasteiger charge is 2.17. The van der Waals surface area contributed by atoms with Crippen molar-refractivity contribution in [3.63, 3.8) is 0 Å². The molecular formula is C24H19BrN2O3. The first-order chi connectivity index (χ1) is 14.6. The first-order valence-corrected chi connectivity index (χ1v) is 10.3. The van der Waals surface area contributed by atoms with Crippen molar-refractivity contribution in [1.82, 2.24) is 4.98 Å². The van der Waals surface area contributed by atoms with Gasteiger partial charge in [0, 0.05) is 21.3 Å². The fourth-order valence-electron chi connectivity index (χ4n) is 3.05. The SMILES string of the molecule is CCOc1ccc(-c2cnc(-c3ccccc3C(=O)Nc3cccc(Br)c3)o2)cc1. The van der Waals surface area contributed by atoms with Crippen LogP contribution in [0.25, 0.3) is 22.8 Å². The third-order valence-corrected chi connectivity index (χ3v) is 4.93. The summed E-state index contributed by atoms with van der Waals surface area (Å²) in [4.78, 5) is 17.3. The number of rotatable bonds is 6. The van der Waals surface area contributed by atoms with E-state index in [4.69, 9.17) is 9.15 Å². The second-order valence-corrected chi connectivity index (χ2v) is 7.41. The van der Waals surface area contributed by atoms with Crippen LogP contribution in [0.1, 0.15) is 17.3 Å². The average Bonchev–Trinajstić information content (AvgIpc) is 3.25. The molecule has 3 aromatic carbocycles. The Balaban J connectivity index is 1.60. The molecule has 4 aromatic rings. The van der Waals surface area contributed by atoms with Gasteiger partial charge < -0.3 is 14.5 Å². The number of carbonyl (C=O) groups is 1. The van der Waals surface area contributed by atoms with Crippen LogP contribution in [0, 0.1) is 0 Å². The summed E-state index contributed by atoms with van der Waals surface area (Å²) in [6.07, 6.45) is 1.66. The van der Waals surface area contributed by atoms with E-state index < -0.39 is 0 Å². The standard InChI is InChI=1S/C24H19BrN2O3/c1-2-29-19-12-10-16(11-13-19)22-15-26-24(30-22)21-9-4-3-8-20(21)23(28)27-18-7-5-6-17(25)14-18/h3-15H,2H2,1H3,(H,27,28). The fraction of sp³-hybridized carbons (Fsp3) is 0.0833. The van der Waals surface area contributed by atoms with E-state index in [1.807, 2.05) is 73.7 Å². The molecule has 0 saturated heterocycles. The number of nitrogens with zero attached hydrogens (tertiary/aromatic N) is 1. The molecule has 0 radical (unpaired) electrons. The van der Waals surface area contributed by atoms with Crippen LogP contribution in [0.4, 0.5) is 5.69 Å². The lowest BCUT2D eigenvalue weighted by molar-refractivity contribution is 0.102. The Hall–Kier alpha value is -3.38. The van der Waals surface area contributed by atoms with Gasteiger partial charge in [-0.2, -0.15) is 0 Å². The Kier molecular flexibility index (Phi) is 5.95. The molecule has 150 valence electrons. The van der Waals surface area contributed by atoms with Crippen molar-refractivity contribution >= 4 is 27.5 Å². The van der Waals surface area contributed by atoms with Gasteiger partial charge in [-0.05, 0) is 61.5 Å². The maximum atomic E-state index is 12.9. The Morgan fingerprint density at radius 2 is 1.87 bits per heavy atom. The number of hydrogen-bond acceptors (Lipinski definition) is 4. The van der Waals surface area contributed by atoms with Crippen LogP contribution in [0.5, 0.6) is 5.75 Å². The largest absolute Gasteiger partial charge is 0.494 e. The van der Waals surface area contributed by atoms with Gasteiger partial charge in [0.15, 0.2) is 5.76 Å². The molecule has 1 heterocycles. The van der Waals surface area contributed by atoms with Gasteiger partial charge in [0.1, 0.15) is 5.75 Å². The first-order valence-electron chi connectivity index (χ1n) is 9.49. The van der Waals surface area contributed by atoms with Gasteiger partial charge in [0.2, 0.25) is 5.89 Å². The molecule has 30 heavy (non-hydrogen) atoms. The van der Waals surface area contributed by atoms with Crippen LogP contribution < -0.4 is 10.1 Å². The molecule has 5 nitrogen and oxygen atoms in total. The summed E-state index contributed by atoms with van der Waals surface area (Å²) in [5.74, 6) is 1.58. The zero-order valence-electron chi connectivity index (χ0n) is 16.3. The van der Waals surface area contributed by atoms with E-state index in [9.17, 15) is 4.79 Å². The number of aromatic nitrogens is 1. The maximum absolute atomic E-state index is 12.9. The van der Waals surface area contributed by atoms with Gasteiger partial charge in [0.05, 0.1) is 18.4 Å². The Labute approximate surface area is 182 Å². The van der Waals surface area contributed by atoms with Crippen LogP contribution in [-0.4, -0.2) is 17.5 Å². The summed E-state index contributed by atoms with van der Waals surface area (Å²) >= 11 is 3.41. The van der Waals surface area contributed by atoms with Gasteiger partial charge in [-0.15, -0.1) is 0 Å². The fourth-order valence-corrected chi connectivity index (χ4v) is 3.45. The summed E-state index contributed by atoms with van der Waals surface area (Å²) in [7, 11) is 0.